The Labute approximate surface area is 115 Å². The van der Waals surface area contributed by atoms with Crippen LogP contribution >= 0.6 is 0 Å². The van der Waals surface area contributed by atoms with E-state index in [9.17, 15) is 9.59 Å². The molecule has 0 bridgehead atoms. The molecule has 1 saturated carbocycles. The van der Waals surface area contributed by atoms with Gasteiger partial charge in [0.05, 0.1) is 6.42 Å². The summed E-state index contributed by atoms with van der Waals surface area (Å²) in [6, 6.07) is -0.177. The highest BCUT2D eigenvalue weighted by molar-refractivity contribution is 5.74. The van der Waals surface area contributed by atoms with Gasteiger partial charge in [0.1, 0.15) is 0 Å². The van der Waals surface area contributed by atoms with Crippen molar-refractivity contribution in [1.29, 1.82) is 0 Å². The number of carbonyl (C=O) groups excluding carboxylic acids is 1. The standard InChI is InChI=1S/C14H26N2O3/c1-3-11(4-2)9-15-13(19)16-10-14(6-5-7-14)8-12(17)18/h11H,3-10H2,1-2H3,(H,17,18)(H2,15,16,19). The summed E-state index contributed by atoms with van der Waals surface area (Å²) in [5.41, 5.74) is -0.210. The fourth-order valence-electron chi connectivity index (χ4n) is 2.56. The van der Waals surface area contributed by atoms with Crippen LogP contribution in [0.4, 0.5) is 4.79 Å². The number of amides is 2. The van der Waals surface area contributed by atoms with Crippen molar-refractivity contribution in [3.63, 3.8) is 0 Å². The summed E-state index contributed by atoms with van der Waals surface area (Å²) in [5.74, 6) is -0.263. The Kier molecular flexibility index (Phi) is 6.12. The molecule has 0 unspecified atom stereocenters. The molecule has 1 aliphatic carbocycles. The smallest absolute Gasteiger partial charge is 0.314 e. The van der Waals surface area contributed by atoms with Gasteiger partial charge in [-0.05, 0) is 24.2 Å². The van der Waals surface area contributed by atoms with Crippen molar-refractivity contribution in [3.05, 3.63) is 0 Å². The molecule has 0 aromatic carbocycles. The van der Waals surface area contributed by atoms with Crippen molar-refractivity contribution in [1.82, 2.24) is 10.6 Å². The maximum Gasteiger partial charge on any atom is 0.314 e. The third-order valence-electron chi connectivity index (χ3n) is 4.27. The molecule has 0 radical (unpaired) electrons. The number of carboxylic acids is 1. The van der Waals surface area contributed by atoms with Gasteiger partial charge in [0.15, 0.2) is 0 Å². The number of carboxylic acid groups (broad SMARTS) is 1. The zero-order chi connectivity index (χ0) is 14.3. The van der Waals surface area contributed by atoms with Gasteiger partial charge in [-0.2, -0.15) is 0 Å². The monoisotopic (exact) mass is 270 g/mol. The van der Waals surface area contributed by atoms with Crippen molar-refractivity contribution in [2.24, 2.45) is 11.3 Å². The molecule has 5 heteroatoms. The third-order valence-corrected chi connectivity index (χ3v) is 4.27. The van der Waals surface area contributed by atoms with Gasteiger partial charge in [0.25, 0.3) is 0 Å². The highest BCUT2D eigenvalue weighted by atomic mass is 16.4. The second-order valence-electron chi connectivity index (χ2n) is 5.67. The van der Waals surface area contributed by atoms with Crippen LogP contribution in [0.2, 0.25) is 0 Å². The van der Waals surface area contributed by atoms with Gasteiger partial charge < -0.3 is 15.7 Å². The van der Waals surface area contributed by atoms with Crippen molar-refractivity contribution in [2.45, 2.75) is 52.4 Å². The summed E-state index contributed by atoms with van der Waals surface area (Å²) < 4.78 is 0. The summed E-state index contributed by atoms with van der Waals surface area (Å²) in [6.45, 7) is 5.38. The van der Waals surface area contributed by atoms with Gasteiger partial charge >= 0.3 is 12.0 Å². The molecule has 0 saturated heterocycles. The summed E-state index contributed by atoms with van der Waals surface area (Å²) in [6.07, 6.45) is 5.11. The molecule has 1 aliphatic rings. The Morgan fingerprint density at radius 3 is 2.26 bits per heavy atom. The first-order valence-electron chi connectivity index (χ1n) is 7.25. The summed E-state index contributed by atoms with van der Waals surface area (Å²) in [7, 11) is 0. The predicted molar refractivity (Wildman–Crippen MR) is 74.0 cm³/mol. The number of rotatable bonds is 8. The Hall–Kier alpha value is -1.26. The van der Waals surface area contributed by atoms with Crippen LogP contribution in [-0.4, -0.2) is 30.2 Å². The van der Waals surface area contributed by atoms with Crippen molar-refractivity contribution in [2.75, 3.05) is 13.1 Å². The maximum atomic E-state index is 11.7. The average molecular weight is 270 g/mol. The maximum absolute atomic E-state index is 11.7. The van der Waals surface area contributed by atoms with Crippen LogP contribution < -0.4 is 10.6 Å². The quantitative estimate of drug-likeness (QED) is 0.633. The van der Waals surface area contributed by atoms with Crippen LogP contribution in [0.1, 0.15) is 52.4 Å². The lowest BCUT2D eigenvalue weighted by atomic mass is 9.66. The van der Waals surface area contributed by atoms with E-state index >= 15 is 0 Å². The lowest BCUT2D eigenvalue weighted by Gasteiger charge is -2.40. The highest BCUT2D eigenvalue weighted by Crippen LogP contribution is 2.43. The molecule has 0 aromatic heterocycles. The van der Waals surface area contributed by atoms with Gasteiger partial charge in [0.2, 0.25) is 0 Å². The number of nitrogens with one attached hydrogen (secondary N) is 2. The van der Waals surface area contributed by atoms with Crippen molar-refractivity contribution in [3.8, 4) is 0 Å². The Morgan fingerprint density at radius 2 is 1.84 bits per heavy atom. The number of urea groups is 1. The minimum absolute atomic E-state index is 0.153. The van der Waals surface area contributed by atoms with Gasteiger partial charge in [-0.25, -0.2) is 4.79 Å². The highest BCUT2D eigenvalue weighted by Gasteiger charge is 2.39. The molecule has 3 N–H and O–H groups in total. The summed E-state index contributed by atoms with van der Waals surface area (Å²) in [5, 5.41) is 14.6. The normalized spacial score (nSPS) is 16.8. The van der Waals surface area contributed by atoms with E-state index in [0.717, 1.165) is 32.1 Å². The van der Waals surface area contributed by atoms with E-state index in [0.29, 0.717) is 19.0 Å². The number of hydrogen-bond donors (Lipinski definition) is 3. The molecule has 0 heterocycles. The average Bonchev–Trinajstić information content (AvgIpc) is 2.33. The largest absolute Gasteiger partial charge is 0.481 e. The van der Waals surface area contributed by atoms with Crippen molar-refractivity contribution >= 4 is 12.0 Å². The van der Waals surface area contributed by atoms with E-state index in [1.54, 1.807) is 0 Å². The first kappa shape index (κ1) is 15.8. The molecule has 110 valence electrons. The molecule has 1 fully saturated rings. The number of hydrogen-bond acceptors (Lipinski definition) is 2. The van der Waals surface area contributed by atoms with Gasteiger partial charge in [-0.15, -0.1) is 0 Å². The molecule has 0 atom stereocenters. The zero-order valence-corrected chi connectivity index (χ0v) is 12.0. The first-order chi connectivity index (χ1) is 9.01. The molecule has 0 aliphatic heterocycles. The minimum atomic E-state index is -0.779. The fourth-order valence-corrected chi connectivity index (χ4v) is 2.56. The van der Waals surface area contributed by atoms with Crippen LogP contribution in [-0.2, 0) is 4.79 Å². The number of carbonyl (C=O) groups is 2. The van der Waals surface area contributed by atoms with Crippen LogP contribution in [0, 0.1) is 11.3 Å². The fraction of sp³-hybridized carbons (Fsp3) is 0.857. The van der Waals surface area contributed by atoms with E-state index in [2.05, 4.69) is 24.5 Å². The van der Waals surface area contributed by atoms with Crippen LogP contribution in [0.25, 0.3) is 0 Å². The second kappa shape index (κ2) is 7.36. The van der Waals surface area contributed by atoms with Crippen molar-refractivity contribution < 1.29 is 14.7 Å². The van der Waals surface area contributed by atoms with E-state index in [1.165, 1.54) is 0 Å². The second-order valence-corrected chi connectivity index (χ2v) is 5.67. The topological polar surface area (TPSA) is 78.4 Å². The first-order valence-corrected chi connectivity index (χ1v) is 7.25. The summed E-state index contributed by atoms with van der Waals surface area (Å²) >= 11 is 0. The van der Waals surface area contributed by atoms with E-state index < -0.39 is 5.97 Å². The number of aliphatic carboxylic acids is 1. The Morgan fingerprint density at radius 1 is 1.21 bits per heavy atom. The Balaban J connectivity index is 2.27. The van der Waals surface area contributed by atoms with Crippen LogP contribution in [0.15, 0.2) is 0 Å². The van der Waals surface area contributed by atoms with Crippen LogP contribution in [0.5, 0.6) is 0 Å². The summed E-state index contributed by atoms with van der Waals surface area (Å²) in [4.78, 5) is 22.5. The molecule has 19 heavy (non-hydrogen) atoms. The van der Waals surface area contributed by atoms with E-state index in [-0.39, 0.29) is 17.9 Å². The molecular weight excluding hydrogens is 244 g/mol. The van der Waals surface area contributed by atoms with Gasteiger partial charge in [-0.1, -0.05) is 33.1 Å². The van der Waals surface area contributed by atoms with E-state index in [1.807, 2.05) is 0 Å². The molecule has 5 nitrogen and oxygen atoms in total. The predicted octanol–water partition coefficient (Wildman–Crippen LogP) is 2.37. The molecule has 1 rings (SSSR count). The van der Waals surface area contributed by atoms with Gasteiger partial charge in [-0.3, -0.25) is 4.79 Å². The SMILES string of the molecule is CCC(CC)CNC(=O)NCC1(CC(=O)O)CCC1. The molecule has 0 spiro atoms. The minimum Gasteiger partial charge on any atom is -0.481 e. The molecular formula is C14H26N2O3. The van der Waals surface area contributed by atoms with Crippen LogP contribution in [0.3, 0.4) is 0 Å². The lowest BCUT2D eigenvalue weighted by molar-refractivity contribution is -0.141. The Bertz CT molecular complexity index is 310. The lowest BCUT2D eigenvalue weighted by Crippen LogP contribution is -2.47. The molecule has 0 aromatic rings. The molecule has 2 amide bonds. The zero-order valence-electron chi connectivity index (χ0n) is 12.0. The van der Waals surface area contributed by atoms with E-state index in [4.69, 9.17) is 5.11 Å². The third kappa shape index (κ3) is 5.09. The van der Waals surface area contributed by atoms with Gasteiger partial charge in [0, 0.05) is 13.1 Å².